The normalized spacial score (nSPS) is 13.4. The van der Waals surface area contributed by atoms with Crippen molar-refractivity contribution in [3.63, 3.8) is 0 Å². The SMILES string of the molecule is CCOC(=O)C(CS)Oc1c(F)c(Oc2cccc(C3=NCCN3C)c2)nc(Oc2cc(C(=N)N)ccc2O)c1F. The minimum atomic E-state index is -1.49. The Morgan fingerprint density at radius 3 is 2.56 bits per heavy atom. The van der Waals surface area contributed by atoms with Crippen molar-refractivity contribution in [2.75, 3.05) is 32.5 Å². The number of rotatable bonds is 11. The summed E-state index contributed by atoms with van der Waals surface area (Å²) in [6.07, 6.45) is -1.49. The number of aromatic hydroxyl groups is 1. The number of likely N-dealkylation sites (N-methyl/N-ethyl adjacent to an activating group) is 1. The molecule has 0 bridgehead atoms. The van der Waals surface area contributed by atoms with Gasteiger partial charge in [0.05, 0.1) is 13.2 Å². The van der Waals surface area contributed by atoms with Gasteiger partial charge in [0.25, 0.3) is 11.8 Å². The Kier molecular flexibility index (Phi) is 9.12. The van der Waals surface area contributed by atoms with E-state index in [9.17, 15) is 9.90 Å². The zero-order chi connectivity index (χ0) is 29.7. The monoisotopic (exact) mass is 587 g/mol. The Morgan fingerprint density at radius 1 is 1.20 bits per heavy atom. The summed E-state index contributed by atoms with van der Waals surface area (Å²) in [5.41, 5.74) is 6.35. The van der Waals surface area contributed by atoms with Crippen LogP contribution in [0.2, 0.25) is 0 Å². The number of hydrogen-bond donors (Lipinski definition) is 4. The highest BCUT2D eigenvalue weighted by Crippen LogP contribution is 2.40. The molecule has 216 valence electrons. The van der Waals surface area contributed by atoms with E-state index in [2.05, 4.69) is 22.6 Å². The maximum Gasteiger partial charge on any atom is 0.348 e. The van der Waals surface area contributed by atoms with Crippen molar-refractivity contribution in [3.05, 3.63) is 65.2 Å². The highest BCUT2D eigenvalue weighted by molar-refractivity contribution is 7.80. The number of pyridine rings is 1. The van der Waals surface area contributed by atoms with E-state index in [1.165, 1.54) is 24.3 Å². The fraction of sp³-hybridized carbons (Fsp3) is 0.259. The predicted octanol–water partition coefficient (Wildman–Crippen LogP) is 3.87. The molecule has 1 unspecified atom stereocenters. The molecule has 0 aliphatic carbocycles. The van der Waals surface area contributed by atoms with E-state index in [1.807, 2.05) is 11.9 Å². The van der Waals surface area contributed by atoms with Crippen LogP contribution >= 0.6 is 12.6 Å². The maximum absolute atomic E-state index is 15.7. The largest absolute Gasteiger partial charge is 0.504 e. The van der Waals surface area contributed by atoms with Crippen LogP contribution in [0.5, 0.6) is 34.8 Å². The lowest BCUT2D eigenvalue weighted by atomic mass is 10.2. The fourth-order valence-corrected chi connectivity index (χ4v) is 4.00. The number of phenolic OH excluding ortho intramolecular Hbond substituents is 1. The van der Waals surface area contributed by atoms with Gasteiger partial charge in [-0.25, -0.2) is 4.79 Å². The summed E-state index contributed by atoms with van der Waals surface area (Å²) in [5.74, 6) is -6.91. The maximum atomic E-state index is 15.7. The molecule has 1 aliphatic rings. The van der Waals surface area contributed by atoms with Gasteiger partial charge in [0.1, 0.15) is 17.4 Å². The number of amidine groups is 2. The van der Waals surface area contributed by atoms with Crippen LogP contribution in [0.15, 0.2) is 47.5 Å². The molecule has 14 heteroatoms. The molecule has 0 radical (unpaired) electrons. The average molecular weight is 588 g/mol. The summed E-state index contributed by atoms with van der Waals surface area (Å²) in [5, 5.41) is 17.9. The number of phenols is 1. The fourth-order valence-electron chi connectivity index (χ4n) is 3.78. The van der Waals surface area contributed by atoms with Crippen molar-refractivity contribution < 1.29 is 37.6 Å². The highest BCUT2D eigenvalue weighted by Gasteiger charge is 2.30. The number of nitrogen functional groups attached to an aromatic ring is 1. The number of aliphatic imine (C=N–C) groups is 1. The van der Waals surface area contributed by atoms with E-state index in [0.29, 0.717) is 17.9 Å². The number of aromatic nitrogens is 1. The van der Waals surface area contributed by atoms with Crippen molar-refractivity contribution in [3.8, 4) is 34.8 Å². The van der Waals surface area contributed by atoms with E-state index in [1.54, 1.807) is 25.1 Å². The Balaban J connectivity index is 1.78. The zero-order valence-corrected chi connectivity index (χ0v) is 23.0. The first-order valence-corrected chi connectivity index (χ1v) is 13.0. The van der Waals surface area contributed by atoms with Crippen molar-refractivity contribution in [1.29, 1.82) is 5.41 Å². The third-order valence-electron chi connectivity index (χ3n) is 5.80. The van der Waals surface area contributed by atoms with E-state index in [-0.39, 0.29) is 35.3 Å². The topological polar surface area (TPSA) is 153 Å². The average Bonchev–Trinajstić information content (AvgIpc) is 3.38. The second-order valence-electron chi connectivity index (χ2n) is 8.68. The lowest BCUT2D eigenvalue weighted by molar-refractivity contribution is -0.150. The van der Waals surface area contributed by atoms with E-state index >= 15 is 8.78 Å². The van der Waals surface area contributed by atoms with Gasteiger partial charge in [0.15, 0.2) is 11.5 Å². The highest BCUT2D eigenvalue weighted by atomic mass is 32.1. The number of esters is 1. The summed E-state index contributed by atoms with van der Waals surface area (Å²) >= 11 is 4.03. The quantitative estimate of drug-likeness (QED) is 0.113. The molecule has 4 N–H and O–H groups in total. The minimum absolute atomic E-state index is 0.000903. The van der Waals surface area contributed by atoms with Crippen molar-refractivity contribution in [2.45, 2.75) is 13.0 Å². The number of thiol groups is 1. The molecule has 2 heterocycles. The smallest absolute Gasteiger partial charge is 0.348 e. The number of carbonyl (C=O) groups excluding carboxylic acids is 1. The van der Waals surface area contributed by atoms with Crippen molar-refractivity contribution in [2.24, 2.45) is 10.7 Å². The molecule has 41 heavy (non-hydrogen) atoms. The number of hydrogen-bond acceptors (Lipinski definition) is 11. The Hall–Kier alpha value is -4.59. The number of halogens is 2. The molecule has 1 aliphatic heterocycles. The first-order chi connectivity index (χ1) is 19.6. The van der Waals surface area contributed by atoms with Crippen molar-refractivity contribution >= 4 is 30.3 Å². The first-order valence-electron chi connectivity index (χ1n) is 12.3. The molecule has 1 atom stereocenters. The second kappa shape index (κ2) is 12.7. The Morgan fingerprint density at radius 2 is 1.93 bits per heavy atom. The number of nitrogens with two attached hydrogens (primary N) is 1. The molecule has 0 saturated heterocycles. The second-order valence-corrected chi connectivity index (χ2v) is 9.04. The molecule has 1 aromatic heterocycles. The van der Waals surface area contributed by atoms with Crippen molar-refractivity contribution in [1.82, 2.24) is 9.88 Å². The molecule has 2 aromatic carbocycles. The van der Waals surface area contributed by atoms with Gasteiger partial charge in [0.2, 0.25) is 23.5 Å². The lowest BCUT2D eigenvalue weighted by Crippen LogP contribution is -2.32. The number of carbonyl (C=O) groups is 1. The number of benzene rings is 2. The predicted molar refractivity (Wildman–Crippen MR) is 149 cm³/mol. The Bertz CT molecular complexity index is 1510. The van der Waals surface area contributed by atoms with Gasteiger partial charge in [-0.1, -0.05) is 12.1 Å². The van der Waals surface area contributed by atoms with E-state index in [0.717, 1.165) is 6.54 Å². The molecule has 3 aromatic rings. The lowest BCUT2D eigenvalue weighted by Gasteiger charge is -2.19. The number of nitrogens with zero attached hydrogens (tertiary/aromatic N) is 3. The molecular formula is C27H27F2N5O6S. The summed E-state index contributed by atoms with van der Waals surface area (Å²) in [6, 6.07) is 10.3. The molecular weight excluding hydrogens is 560 g/mol. The Labute approximate surface area is 239 Å². The van der Waals surface area contributed by atoms with Gasteiger partial charge >= 0.3 is 5.97 Å². The standard InChI is InChI=1S/C27H27F2N5O6S/c1-3-37-27(36)19(13-41)39-22-20(28)25(38-16-6-4-5-15(11-16)24-32-9-10-34(24)2)33-26(21(22)29)40-18-12-14(23(30)31)7-8-17(18)35/h4-8,11-12,19,35,41H,3,9-10,13H2,1-2H3,(H3,30,31). The first kappa shape index (κ1) is 29.4. The van der Waals surface area contributed by atoms with Gasteiger partial charge in [0, 0.05) is 30.5 Å². The van der Waals surface area contributed by atoms with Gasteiger partial charge in [-0.15, -0.1) is 0 Å². The molecule has 0 fully saturated rings. The number of ether oxygens (including phenoxy) is 4. The van der Waals surface area contributed by atoms with Gasteiger partial charge in [-0.3, -0.25) is 10.4 Å². The summed E-state index contributed by atoms with van der Waals surface area (Å²) < 4.78 is 52.8. The third kappa shape index (κ3) is 6.60. The number of nitrogens with one attached hydrogen (secondary N) is 1. The van der Waals surface area contributed by atoms with Crippen LogP contribution in [0.1, 0.15) is 18.1 Å². The van der Waals surface area contributed by atoms with Crippen LogP contribution in [0.3, 0.4) is 0 Å². The van der Waals surface area contributed by atoms with Crippen LogP contribution in [-0.2, 0) is 9.53 Å². The van der Waals surface area contributed by atoms with Crippen LogP contribution in [0.25, 0.3) is 0 Å². The molecule has 11 nitrogen and oxygen atoms in total. The molecule has 0 spiro atoms. The minimum Gasteiger partial charge on any atom is -0.504 e. The van der Waals surface area contributed by atoms with E-state index in [4.69, 9.17) is 30.1 Å². The van der Waals surface area contributed by atoms with Gasteiger partial charge < -0.3 is 34.7 Å². The molecule has 0 saturated carbocycles. The summed E-state index contributed by atoms with van der Waals surface area (Å²) in [7, 11) is 1.88. The van der Waals surface area contributed by atoms with Crippen LogP contribution in [-0.4, -0.2) is 71.2 Å². The zero-order valence-electron chi connectivity index (χ0n) is 22.1. The van der Waals surface area contributed by atoms with E-state index < -0.39 is 47.0 Å². The van der Waals surface area contributed by atoms with Crippen LogP contribution in [0.4, 0.5) is 8.78 Å². The molecule has 4 rings (SSSR count). The van der Waals surface area contributed by atoms with Crippen LogP contribution < -0.4 is 19.9 Å². The third-order valence-corrected chi connectivity index (χ3v) is 6.13. The van der Waals surface area contributed by atoms with Gasteiger partial charge in [-0.05, 0) is 37.3 Å². The van der Waals surface area contributed by atoms with Crippen LogP contribution in [0, 0.1) is 17.0 Å². The van der Waals surface area contributed by atoms with Gasteiger partial charge in [-0.2, -0.15) is 26.4 Å². The summed E-state index contributed by atoms with van der Waals surface area (Å²) in [6.45, 7) is 2.92. The molecule has 0 amide bonds. The summed E-state index contributed by atoms with van der Waals surface area (Å²) in [4.78, 5) is 22.5.